The molecule has 0 saturated carbocycles. The van der Waals surface area contributed by atoms with Gasteiger partial charge in [-0.05, 0) is 87.0 Å². The van der Waals surface area contributed by atoms with Gasteiger partial charge < -0.3 is 4.57 Å². The summed E-state index contributed by atoms with van der Waals surface area (Å²) in [5, 5.41) is 5.83. The van der Waals surface area contributed by atoms with Crippen molar-refractivity contribution in [2.45, 2.75) is 32.2 Å². The quantitative estimate of drug-likeness (QED) is 0.125. The number of amides is 1. The minimum Gasteiger partial charge on any atom is -0.316 e. The number of aromatic nitrogens is 1. The van der Waals surface area contributed by atoms with Gasteiger partial charge >= 0.3 is 0 Å². The van der Waals surface area contributed by atoms with Gasteiger partial charge in [-0.2, -0.15) is 5.10 Å². The highest BCUT2D eigenvalue weighted by Crippen LogP contribution is 2.31. The normalized spacial score (nSPS) is 11.6. The molecule has 0 aliphatic carbocycles. The molecule has 230 valence electrons. The van der Waals surface area contributed by atoms with Crippen LogP contribution in [0.25, 0.3) is 5.69 Å². The Balaban J connectivity index is 1.47. The van der Waals surface area contributed by atoms with E-state index < -0.39 is 15.9 Å². The summed E-state index contributed by atoms with van der Waals surface area (Å²) in [6.45, 7) is 5.69. The number of carbonyl (C=O) groups is 1. The van der Waals surface area contributed by atoms with Crippen LogP contribution in [-0.4, -0.2) is 25.1 Å². The monoisotopic (exact) mass is 678 g/mol. The topological polar surface area (TPSA) is 83.8 Å². The van der Waals surface area contributed by atoms with Crippen molar-refractivity contribution in [1.29, 1.82) is 0 Å². The zero-order chi connectivity index (χ0) is 32.3. The number of hydrogen-bond acceptors (Lipinski definition) is 4. The highest BCUT2D eigenvalue weighted by Gasteiger charge is 2.28. The molecule has 0 aliphatic heterocycles. The van der Waals surface area contributed by atoms with E-state index >= 15 is 0 Å². The van der Waals surface area contributed by atoms with Gasteiger partial charge in [-0.1, -0.05) is 76.8 Å². The average molecular weight is 680 g/mol. The lowest BCUT2D eigenvalue weighted by atomic mass is 10.1. The van der Waals surface area contributed by atoms with E-state index in [0.29, 0.717) is 20.6 Å². The summed E-state index contributed by atoms with van der Waals surface area (Å²) in [4.78, 5) is 13.6. The number of para-hydroxylation sites is 1. The number of rotatable bonds is 9. The third kappa shape index (κ3) is 7.10. The molecule has 0 bridgehead atoms. The van der Waals surface area contributed by atoms with Gasteiger partial charge in [0, 0.05) is 27.0 Å². The average Bonchev–Trinajstić information content (AvgIpc) is 3.30. The first-order valence-electron chi connectivity index (χ1n) is 13.9. The van der Waals surface area contributed by atoms with E-state index in [2.05, 4.69) is 10.5 Å². The van der Waals surface area contributed by atoms with Crippen LogP contribution in [0.4, 0.5) is 5.69 Å². The molecule has 4 aromatic carbocycles. The molecule has 1 heterocycles. The molecule has 0 saturated heterocycles. The maximum Gasteiger partial charge on any atom is 0.273 e. The van der Waals surface area contributed by atoms with E-state index in [1.165, 1.54) is 10.5 Å². The zero-order valence-corrected chi connectivity index (χ0v) is 27.7. The van der Waals surface area contributed by atoms with E-state index in [1.807, 2.05) is 31.4 Å². The Labute approximate surface area is 277 Å². The largest absolute Gasteiger partial charge is 0.316 e. The van der Waals surface area contributed by atoms with Gasteiger partial charge in [0.1, 0.15) is 0 Å². The van der Waals surface area contributed by atoms with Crippen LogP contribution in [0.2, 0.25) is 15.1 Å². The molecule has 0 unspecified atom stereocenters. The first-order valence-corrected chi connectivity index (χ1v) is 16.4. The van der Waals surface area contributed by atoms with Crippen LogP contribution in [0.15, 0.2) is 107 Å². The molecule has 11 heteroatoms. The number of carbonyl (C=O) groups excluding carboxylic acids is 1. The predicted octanol–water partition coefficient (Wildman–Crippen LogP) is 8.52. The molecule has 0 atom stereocenters. The summed E-state index contributed by atoms with van der Waals surface area (Å²) in [6.07, 6.45) is 1.53. The summed E-state index contributed by atoms with van der Waals surface area (Å²) in [7, 11) is -4.08. The second-order valence-electron chi connectivity index (χ2n) is 10.4. The molecule has 0 spiro atoms. The van der Waals surface area contributed by atoms with E-state index in [-0.39, 0.29) is 22.7 Å². The Morgan fingerprint density at radius 1 is 0.867 bits per heavy atom. The fourth-order valence-corrected chi connectivity index (χ4v) is 6.91. The standard InChI is InChI=1S/C34H29Cl3N4O3S/c1-22-8-15-29(16-9-22)45(43,44)40(21-25-10-12-27(35)13-11-25)32-7-5-4-6-30(32)34(42)39-38-20-26-18-23(2)41(24(26)3)33-19-28(36)14-17-31(33)37/h4-20H,21H2,1-3H3,(H,39,42)/b38-20+. The van der Waals surface area contributed by atoms with Crippen LogP contribution >= 0.6 is 34.8 Å². The lowest BCUT2D eigenvalue weighted by Gasteiger charge is -2.26. The number of nitrogens with zero attached hydrogens (tertiary/aromatic N) is 3. The van der Waals surface area contributed by atoms with Gasteiger partial charge in [-0.3, -0.25) is 9.10 Å². The van der Waals surface area contributed by atoms with Crippen LogP contribution in [0.3, 0.4) is 0 Å². The molecular weight excluding hydrogens is 651 g/mol. The minimum atomic E-state index is -4.08. The number of hydrazone groups is 1. The molecule has 0 aliphatic rings. The third-order valence-electron chi connectivity index (χ3n) is 7.25. The summed E-state index contributed by atoms with van der Waals surface area (Å²) in [6, 6.07) is 27.1. The second kappa shape index (κ2) is 13.5. The van der Waals surface area contributed by atoms with Crippen LogP contribution in [0.1, 0.15) is 38.4 Å². The Bertz CT molecular complexity index is 2010. The van der Waals surface area contributed by atoms with Crippen LogP contribution in [0.5, 0.6) is 0 Å². The number of nitrogens with one attached hydrogen (secondary N) is 1. The van der Waals surface area contributed by atoms with E-state index in [9.17, 15) is 13.2 Å². The summed E-state index contributed by atoms with van der Waals surface area (Å²) >= 11 is 18.7. The molecule has 1 N–H and O–H groups in total. The maximum atomic E-state index is 14.0. The van der Waals surface area contributed by atoms with Gasteiger partial charge in [0.25, 0.3) is 15.9 Å². The SMILES string of the molecule is Cc1ccc(S(=O)(=O)N(Cc2ccc(Cl)cc2)c2ccccc2C(=O)N/N=C/c2cc(C)n(-c3cc(Cl)ccc3Cl)c2C)cc1. The fourth-order valence-electron chi connectivity index (χ4n) is 4.94. The van der Waals surface area contributed by atoms with Crippen molar-refractivity contribution in [3.05, 3.63) is 146 Å². The number of anilines is 1. The minimum absolute atomic E-state index is 0.0288. The fraction of sp³-hybridized carbons (Fsp3) is 0.118. The third-order valence-corrected chi connectivity index (χ3v) is 9.84. The highest BCUT2D eigenvalue weighted by molar-refractivity contribution is 7.92. The molecule has 7 nitrogen and oxygen atoms in total. The maximum absolute atomic E-state index is 14.0. The van der Waals surface area contributed by atoms with Gasteiger partial charge in [-0.15, -0.1) is 0 Å². The highest BCUT2D eigenvalue weighted by atomic mass is 35.5. The number of aryl methyl sites for hydroxylation is 2. The Morgan fingerprint density at radius 2 is 1.53 bits per heavy atom. The van der Waals surface area contributed by atoms with E-state index in [1.54, 1.807) is 91.0 Å². The molecule has 5 rings (SSSR count). The predicted molar refractivity (Wildman–Crippen MR) is 183 cm³/mol. The molecule has 5 aromatic rings. The van der Waals surface area contributed by atoms with Crippen molar-refractivity contribution in [3.8, 4) is 5.69 Å². The Morgan fingerprint density at radius 3 is 2.24 bits per heavy atom. The van der Waals surface area contributed by atoms with Gasteiger partial charge in [0.2, 0.25) is 0 Å². The number of hydrogen-bond donors (Lipinski definition) is 1. The van der Waals surface area contributed by atoms with Crippen molar-refractivity contribution in [3.63, 3.8) is 0 Å². The molecule has 0 fully saturated rings. The molecule has 45 heavy (non-hydrogen) atoms. The first kappa shape index (κ1) is 32.3. The van der Waals surface area contributed by atoms with E-state index in [0.717, 1.165) is 28.2 Å². The van der Waals surface area contributed by atoms with Crippen LogP contribution in [-0.2, 0) is 16.6 Å². The number of benzene rings is 4. The summed E-state index contributed by atoms with van der Waals surface area (Å²) < 4.78 is 31.3. The smallest absolute Gasteiger partial charge is 0.273 e. The number of sulfonamides is 1. The Kier molecular flexibility index (Phi) is 9.70. The summed E-state index contributed by atoms with van der Waals surface area (Å²) in [5.41, 5.74) is 7.74. The van der Waals surface area contributed by atoms with Crippen LogP contribution in [0, 0.1) is 20.8 Å². The van der Waals surface area contributed by atoms with Gasteiger partial charge in [0.15, 0.2) is 0 Å². The first-order chi connectivity index (χ1) is 21.5. The summed E-state index contributed by atoms with van der Waals surface area (Å²) in [5.74, 6) is -0.575. The lowest BCUT2D eigenvalue weighted by molar-refractivity contribution is 0.0955. The molecular formula is C34H29Cl3N4O3S. The molecule has 1 amide bonds. The zero-order valence-electron chi connectivity index (χ0n) is 24.6. The second-order valence-corrected chi connectivity index (χ2v) is 13.6. The van der Waals surface area contributed by atoms with Crippen molar-refractivity contribution in [1.82, 2.24) is 9.99 Å². The molecule has 0 radical (unpaired) electrons. The van der Waals surface area contributed by atoms with Crippen molar-refractivity contribution in [2.24, 2.45) is 5.10 Å². The van der Waals surface area contributed by atoms with Gasteiger partial charge in [0.05, 0.1) is 39.6 Å². The Hall–Kier alpha value is -4.08. The number of halogens is 3. The van der Waals surface area contributed by atoms with Crippen molar-refractivity contribution >= 4 is 62.6 Å². The molecule has 1 aromatic heterocycles. The lowest BCUT2D eigenvalue weighted by Crippen LogP contribution is -2.33. The van der Waals surface area contributed by atoms with Gasteiger partial charge in [-0.25, -0.2) is 13.8 Å². The van der Waals surface area contributed by atoms with Crippen molar-refractivity contribution in [2.75, 3.05) is 4.31 Å². The van der Waals surface area contributed by atoms with E-state index in [4.69, 9.17) is 34.8 Å². The van der Waals surface area contributed by atoms with Crippen LogP contribution < -0.4 is 9.73 Å². The van der Waals surface area contributed by atoms with Crippen molar-refractivity contribution < 1.29 is 13.2 Å².